The van der Waals surface area contributed by atoms with Gasteiger partial charge in [-0.05, 0) is 35.9 Å². The molecule has 8 heteroatoms. The van der Waals surface area contributed by atoms with E-state index in [0.717, 1.165) is 23.1 Å². The molecule has 1 fully saturated rings. The predicted octanol–water partition coefficient (Wildman–Crippen LogP) is 3.57. The van der Waals surface area contributed by atoms with Crippen LogP contribution in [-0.4, -0.2) is 55.1 Å². The van der Waals surface area contributed by atoms with Crippen LogP contribution in [0.1, 0.15) is 27.7 Å². The monoisotopic (exact) mass is 486 g/mol. The number of benzene rings is 2. The number of rotatable bonds is 4. The first-order chi connectivity index (χ1) is 15.0. The van der Waals surface area contributed by atoms with E-state index in [9.17, 15) is 14.0 Å². The minimum atomic E-state index is -0.583. The van der Waals surface area contributed by atoms with Crippen LogP contribution in [0.5, 0.6) is 0 Å². The number of halogens is 2. The summed E-state index contributed by atoms with van der Waals surface area (Å²) < 4.78 is 26.0. The molecule has 0 radical (unpaired) electrons. The lowest BCUT2D eigenvalue weighted by Gasteiger charge is -2.31. The maximum atomic E-state index is 13.8. The lowest BCUT2D eigenvalue weighted by molar-refractivity contribution is 0.0314. The Morgan fingerprint density at radius 1 is 1.03 bits per heavy atom. The summed E-state index contributed by atoms with van der Waals surface area (Å²) in [6, 6.07) is 10.7. The molecule has 2 aliphatic rings. The number of hydrogen-bond donors (Lipinski definition) is 0. The lowest BCUT2D eigenvalue weighted by Crippen LogP contribution is -2.42. The summed E-state index contributed by atoms with van der Waals surface area (Å²) in [7, 11) is 0. The molecular formula is C23H20BrFN2O4. The highest BCUT2D eigenvalue weighted by Gasteiger charge is 2.42. The van der Waals surface area contributed by atoms with Crippen molar-refractivity contribution in [2.45, 2.75) is 6.04 Å². The standard InChI is InChI=1S/C23H20BrFN2O4/c24-15-3-1-14(2-4-15)20-19-21(28)17-13-16(25)5-6-18(17)31-22(19)23(29)27(20)8-7-26-9-11-30-12-10-26/h1-6,13,20H,7-12H2. The molecule has 0 bridgehead atoms. The number of fused-ring (bicyclic) bond motifs is 2. The van der Waals surface area contributed by atoms with Crippen LogP contribution in [0.4, 0.5) is 4.39 Å². The second-order valence-corrected chi connectivity index (χ2v) is 8.64. The first-order valence-electron chi connectivity index (χ1n) is 10.2. The highest BCUT2D eigenvalue weighted by atomic mass is 79.9. The molecule has 2 aromatic carbocycles. The molecule has 0 N–H and O–H groups in total. The maximum Gasteiger partial charge on any atom is 0.290 e. The van der Waals surface area contributed by atoms with Gasteiger partial charge in [-0.2, -0.15) is 0 Å². The van der Waals surface area contributed by atoms with Gasteiger partial charge >= 0.3 is 0 Å². The minimum absolute atomic E-state index is 0.0407. The minimum Gasteiger partial charge on any atom is -0.450 e. The van der Waals surface area contributed by atoms with Crippen LogP contribution >= 0.6 is 15.9 Å². The summed E-state index contributed by atoms with van der Waals surface area (Å²) in [5, 5.41) is 0.142. The third kappa shape index (κ3) is 3.69. The van der Waals surface area contributed by atoms with Crippen molar-refractivity contribution in [3.63, 3.8) is 0 Å². The van der Waals surface area contributed by atoms with Gasteiger partial charge in [-0.25, -0.2) is 4.39 Å². The summed E-state index contributed by atoms with van der Waals surface area (Å²) in [5.74, 6) is -0.799. The highest BCUT2D eigenvalue weighted by Crippen LogP contribution is 2.38. The van der Waals surface area contributed by atoms with Crippen molar-refractivity contribution in [1.82, 2.24) is 9.80 Å². The highest BCUT2D eigenvalue weighted by molar-refractivity contribution is 9.10. The van der Waals surface area contributed by atoms with Gasteiger partial charge in [-0.1, -0.05) is 28.1 Å². The third-order valence-corrected chi connectivity index (χ3v) is 6.40. The van der Waals surface area contributed by atoms with Gasteiger partial charge in [0, 0.05) is 30.7 Å². The van der Waals surface area contributed by atoms with Gasteiger partial charge in [0.25, 0.3) is 5.91 Å². The molecule has 0 saturated carbocycles. The second-order valence-electron chi connectivity index (χ2n) is 7.72. The van der Waals surface area contributed by atoms with Crippen molar-refractivity contribution < 1.29 is 18.3 Å². The molecule has 1 unspecified atom stereocenters. The number of nitrogens with zero attached hydrogens (tertiary/aromatic N) is 2. The SMILES string of the molecule is O=C1c2oc3ccc(F)cc3c(=O)c2C(c2ccc(Br)cc2)N1CCN1CCOCC1. The summed E-state index contributed by atoms with van der Waals surface area (Å²) in [4.78, 5) is 30.6. The van der Waals surface area contributed by atoms with E-state index in [4.69, 9.17) is 9.15 Å². The zero-order valence-electron chi connectivity index (χ0n) is 16.6. The molecule has 5 rings (SSSR count). The fraction of sp³-hybridized carbons (Fsp3) is 0.304. The van der Waals surface area contributed by atoms with Gasteiger partial charge < -0.3 is 14.1 Å². The second kappa shape index (κ2) is 8.18. The molecule has 3 heterocycles. The zero-order valence-corrected chi connectivity index (χ0v) is 18.2. The third-order valence-electron chi connectivity index (χ3n) is 5.87. The maximum absolute atomic E-state index is 13.8. The van der Waals surface area contributed by atoms with Gasteiger partial charge in [0.1, 0.15) is 11.4 Å². The molecule has 2 aliphatic heterocycles. The van der Waals surface area contributed by atoms with Crippen LogP contribution in [0.3, 0.4) is 0 Å². The van der Waals surface area contributed by atoms with E-state index in [1.165, 1.54) is 18.2 Å². The predicted molar refractivity (Wildman–Crippen MR) is 117 cm³/mol. The van der Waals surface area contributed by atoms with E-state index in [1.54, 1.807) is 4.90 Å². The van der Waals surface area contributed by atoms with Gasteiger partial charge in [0.2, 0.25) is 5.76 Å². The normalized spacial score (nSPS) is 19.2. The number of carbonyl (C=O) groups excluding carboxylic acids is 1. The number of ether oxygens (including phenoxy) is 1. The Morgan fingerprint density at radius 3 is 2.52 bits per heavy atom. The average molecular weight is 487 g/mol. The lowest BCUT2D eigenvalue weighted by atomic mass is 9.98. The molecule has 0 aliphatic carbocycles. The van der Waals surface area contributed by atoms with E-state index in [-0.39, 0.29) is 33.6 Å². The van der Waals surface area contributed by atoms with Crippen molar-refractivity contribution >= 4 is 32.8 Å². The van der Waals surface area contributed by atoms with Crippen molar-refractivity contribution in [1.29, 1.82) is 0 Å². The zero-order chi connectivity index (χ0) is 21.5. The Kier molecular flexibility index (Phi) is 5.37. The fourth-order valence-corrected chi connectivity index (χ4v) is 4.55. The van der Waals surface area contributed by atoms with Crippen LogP contribution < -0.4 is 5.43 Å². The fourth-order valence-electron chi connectivity index (χ4n) is 4.29. The van der Waals surface area contributed by atoms with E-state index >= 15 is 0 Å². The number of carbonyl (C=O) groups is 1. The Morgan fingerprint density at radius 2 is 1.77 bits per heavy atom. The average Bonchev–Trinajstić information content (AvgIpc) is 3.06. The Labute approximate surface area is 186 Å². The summed E-state index contributed by atoms with van der Waals surface area (Å²) >= 11 is 3.43. The molecule has 1 atom stereocenters. The van der Waals surface area contributed by atoms with Gasteiger partial charge in [0.05, 0.1) is 30.2 Å². The molecule has 1 amide bonds. The van der Waals surface area contributed by atoms with Crippen LogP contribution in [-0.2, 0) is 4.74 Å². The van der Waals surface area contributed by atoms with Crippen LogP contribution in [0.2, 0.25) is 0 Å². The Bertz CT molecular complexity index is 1200. The van der Waals surface area contributed by atoms with E-state index < -0.39 is 11.9 Å². The van der Waals surface area contributed by atoms with Crippen LogP contribution in [0.15, 0.2) is 56.1 Å². The van der Waals surface area contributed by atoms with Crippen molar-refractivity contribution in [3.05, 3.63) is 79.9 Å². The van der Waals surface area contributed by atoms with E-state index in [1.807, 2.05) is 24.3 Å². The van der Waals surface area contributed by atoms with Crippen molar-refractivity contribution in [2.24, 2.45) is 0 Å². The first-order valence-corrected chi connectivity index (χ1v) is 10.9. The quantitative estimate of drug-likeness (QED) is 0.563. The summed E-state index contributed by atoms with van der Waals surface area (Å²) in [6.07, 6.45) is 0. The summed E-state index contributed by atoms with van der Waals surface area (Å²) in [6.45, 7) is 4.05. The smallest absolute Gasteiger partial charge is 0.290 e. The Hall–Kier alpha value is -2.55. The molecule has 6 nitrogen and oxygen atoms in total. The molecule has 0 spiro atoms. The van der Waals surface area contributed by atoms with Gasteiger partial charge in [-0.3, -0.25) is 14.5 Å². The molecule has 160 valence electrons. The summed E-state index contributed by atoms with van der Waals surface area (Å²) in [5.41, 5.74) is 0.918. The number of hydrogen-bond acceptors (Lipinski definition) is 5. The molecule has 3 aromatic rings. The van der Waals surface area contributed by atoms with Crippen LogP contribution in [0, 0.1) is 5.82 Å². The van der Waals surface area contributed by atoms with E-state index in [0.29, 0.717) is 26.3 Å². The first kappa shape index (κ1) is 20.4. The van der Waals surface area contributed by atoms with E-state index in [2.05, 4.69) is 20.8 Å². The molecule has 1 aromatic heterocycles. The topological polar surface area (TPSA) is 63.0 Å². The molecule has 1 saturated heterocycles. The molecule has 31 heavy (non-hydrogen) atoms. The number of morpholine rings is 1. The van der Waals surface area contributed by atoms with Crippen molar-refractivity contribution in [3.8, 4) is 0 Å². The Balaban J connectivity index is 1.60. The van der Waals surface area contributed by atoms with Crippen LogP contribution in [0.25, 0.3) is 11.0 Å². The van der Waals surface area contributed by atoms with Gasteiger partial charge in [-0.15, -0.1) is 0 Å². The van der Waals surface area contributed by atoms with Crippen molar-refractivity contribution in [2.75, 3.05) is 39.4 Å². The number of amides is 1. The molecular weight excluding hydrogens is 467 g/mol. The largest absolute Gasteiger partial charge is 0.450 e. The van der Waals surface area contributed by atoms with Gasteiger partial charge in [0.15, 0.2) is 5.43 Å².